The van der Waals surface area contributed by atoms with E-state index in [-0.39, 0.29) is 0 Å². The fourth-order valence-electron chi connectivity index (χ4n) is 0.533. The van der Waals surface area contributed by atoms with Crippen LogP contribution in [0.3, 0.4) is 0 Å². The van der Waals surface area contributed by atoms with E-state index in [1.165, 1.54) is 0 Å². The third kappa shape index (κ3) is 2.35. The van der Waals surface area contributed by atoms with Crippen molar-refractivity contribution < 1.29 is 4.79 Å². The maximum absolute atomic E-state index is 10.2. The highest BCUT2D eigenvalue weighted by Gasteiger charge is 1.95. The third-order valence-electron chi connectivity index (χ3n) is 1.05. The summed E-state index contributed by atoms with van der Waals surface area (Å²) in [6, 6.07) is 0. The molecule has 0 saturated heterocycles. The Labute approximate surface area is 60.8 Å². The number of aldehydes is 1. The molecule has 0 unspecified atom stereocenters. The van der Waals surface area contributed by atoms with Gasteiger partial charge in [0.1, 0.15) is 0 Å². The molecule has 0 aromatic carbocycles. The van der Waals surface area contributed by atoms with Crippen LogP contribution in [0.2, 0.25) is 0 Å². The average Bonchev–Trinajstić information content (AvgIpc) is 1.99. The van der Waals surface area contributed by atoms with Crippen LogP contribution in [-0.4, -0.2) is 20.4 Å². The monoisotopic (exact) mass is 140 g/mol. The van der Waals surface area contributed by atoms with E-state index in [2.05, 4.69) is 17.2 Å². The fourth-order valence-corrected chi connectivity index (χ4v) is 0.533. The van der Waals surface area contributed by atoms with Gasteiger partial charge in [0.2, 0.25) is 0 Å². The average molecular weight is 140 g/mol. The first-order valence-corrected chi connectivity index (χ1v) is 2.96. The van der Waals surface area contributed by atoms with Gasteiger partial charge in [-0.1, -0.05) is 6.58 Å². The largest absolute Gasteiger partial charge is 0.392 e. The van der Waals surface area contributed by atoms with Crippen LogP contribution in [0.5, 0.6) is 0 Å². The molecule has 0 aromatic heterocycles. The molecule has 3 heteroatoms. The molecule has 0 rings (SSSR count). The van der Waals surface area contributed by atoms with E-state index in [4.69, 9.17) is 0 Å². The van der Waals surface area contributed by atoms with Gasteiger partial charge in [-0.05, 0) is 0 Å². The SMILES string of the molecule is C=C(C=O)/C(=C\NC)NC. The molecular formula is C7H12N2O. The zero-order valence-corrected chi connectivity index (χ0v) is 6.27. The lowest BCUT2D eigenvalue weighted by atomic mass is 10.2. The number of likely N-dealkylation sites (N-methyl/N-ethyl adjacent to an activating group) is 1. The van der Waals surface area contributed by atoms with Crippen LogP contribution in [0, 0.1) is 0 Å². The summed E-state index contributed by atoms with van der Waals surface area (Å²) in [6.07, 6.45) is 2.39. The van der Waals surface area contributed by atoms with Gasteiger partial charge in [0.25, 0.3) is 0 Å². The molecule has 0 fully saturated rings. The summed E-state index contributed by atoms with van der Waals surface area (Å²) in [6.45, 7) is 3.52. The Morgan fingerprint density at radius 3 is 2.40 bits per heavy atom. The lowest BCUT2D eigenvalue weighted by molar-refractivity contribution is -0.104. The van der Waals surface area contributed by atoms with Crippen molar-refractivity contribution in [3.63, 3.8) is 0 Å². The van der Waals surface area contributed by atoms with Gasteiger partial charge in [0.05, 0.1) is 5.70 Å². The summed E-state index contributed by atoms with van der Waals surface area (Å²) in [5.41, 5.74) is 1.15. The molecule has 56 valence electrons. The molecule has 0 aliphatic rings. The Hall–Kier alpha value is -1.25. The highest BCUT2D eigenvalue weighted by Crippen LogP contribution is 1.96. The normalized spacial score (nSPS) is 10.4. The Balaban J connectivity index is 4.19. The van der Waals surface area contributed by atoms with Gasteiger partial charge in [0.15, 0.2) is 6.29 Å². The molecule has 3 nitrogen and oxygen atoms in total. The summed E-state index contributed by atoms with van der Waals surface area (Å²) in [4.78, 5) is 10.2. The predicted octanol–water partition coefficient (Wildman–Crippen LogP) is 0.0217. The molecule has 2 N–H and O–H groups in total. The quantitative estimate of drug-likeness (QED) is 0.328. The molecule has 0 bridgehead atoms. The minimum absolute atomic E-state index is 0.442. The van der Waals surface area contributed by atoms with Crippen molar-refractivity contribution in [1.82, 2.24) is 10.6 Å². The fraction of sp³-hybridized carbons (Fsp3) is 0.286. The zero-order chi connectivity index (χ0) is 7.98. The van der Waals surface area contributed by atoms with Crippen molar-refractivity contribution in [1.29, 1.82) is 0 Å². The second-order valence-electron chi connectivity index (χ2n) is 1.74. The van der Waals surface area contributed by atoms with Gasteiger partial charge in [-0.2, -0.15) is 0 Å². The standard InChI is InChI=1S/C7H12N2O/c1-6(5-10)7(9-3)4-8-2/h4-5,8-9H,1H2,2-3H3/b7-4+. The van der Waals surface area contributed by atoms with Crippen LogP contribution in [0.4, 0.5) is 0 Å². The molecule has 0 amide bonds. The van der Waals surface area contributed by atoms with Crippen LogP contribution < -0.4 is 10.6 Å². The summed E-state index contributed by atoms with van der Waals surface area (Å²) < 4.78 is 0. The Bertz CT molecular complexity index is 161. The number of hydrogen-bond donors (Lipinski definition) is 2. The highest BCUT2D eigenvalue weighted by molar-refractivity contribution is 5.78. The minimum atomic E-state index is 0.442. The molecule has 0 aromatic rings. The molecule has 0 spiro atoms. The van der Waals surface area contributed by atoms with Crippen LogP contribution in [0.25, 0.3) is 0 Å². The van der Waals surface area contributed by atoms with Crippen LogP contribution in [-0.2, 0) is 4.79 Å². The molecule has 0 aliphatic carbocycles. The smallest absolute Gasteiger partial charge is 0.151 e. The van der Waals surface area contributed by atoms with E-state index in [0.29, 0.717) is 17.6 Å². The minimum Gasteiger partial charge on any atom is -0.392 e. The molecule has 10 heavy (non-hydrogen) atoms. The molecule has 0 radical (unpaired) electrons. The predicted molar refractivity (Wildman–Crippen MR) is 41.4 cm³/mol. The Kier molecular flexibility index (Phi) is 4.04. The second kappa shape index (κ2) is 4.61. The van der Waals surface area contributed by atoms with E-state index >= 15 is 0 Å². The summed E-state index contributed by atoms with van der Waals surface area (Å²) in [5, 5.41) is 5.61. The molecule has 0 heterocycles. The van der Waals surface area contributed by atoms with Crippen LogP contribution >= 0.6 is 0 Å². The Morgan fingerprint density at radius 2 is 2.10 bits per heavy atom. The number of carbonyl (C=O) groups excluding carboxylic acids is 1. The molecule has 0 atom stereocenters. The molecular weight excluding hydrogens is 128 g/mol. The Morgan fingerprint density at radius 1 is 1.50 bits per heavy atom. The lowest BCUT2D eigenvalue weighted by Gasteiger charge is -2.03. The van der Waals surface area contributed by atoms with Crippen molar-refractivity contribution >= 4 is 6.29 Å². The number of carbonyl (C=O) groups is 1. The maximum Gasteiger partial charge on any atom is 0.151 e. The highest BCUT2D eigenvalue weighted by atomic mass is 16.1. The lowest BCUT2D eigenvalue weighted by Crippen LogP contribution is -2.12. The molecule has 0 saturated carbocycles. The van der Waals surface area contributed by atoms with Gasteiger partial charge in [-0.25, -0.2) is 0 Å². The van der Waals surface area contributed by atoms with E-state index < -0.39 is 0 Å². The van der Waals surface area contributed by atoms with Crippen molar-refractivity contribution in [2.24, 2.45) is 0 Å². The summed E-state index contributed by atoms with van der Waals surface area (Å²) in [5.74, 6) is 0. The van der Waals surface area contributed by atoms with Gasteiger partial charge in [0, 0.05) is 25.9 Å². The number of allylic oxidation sites excluding steroid dienone is 1. The zero-order valence-electron chi connectivity index (χ0n) is 6.27. The van der Waals surface area contributed by atoms with E-state index in [0.717, 1.165) is 0 Å². The number of hydrogen-bond acceptors (Lipinski definition) is 3. The summed E-state index contributed by atoms with van der Waals surface area (Å²) >= 11 is 0. The van der Waals surface area contributed by atoms with Crippen molar-refractivity contribution in [3.8, 4) is 0 Å². The third-order valence-corrected chi connectivity index (χ3v) is 1.05. The molecule has 0 aliphatic heterocycles. The van der Waals surface area contributed by atoms with Crippen molar-refractivity contribution in [2.45, 2.75) is 0 Å². The first-order chi connectivity index (χ1) is 4.76. The van der Waals surface area contributed by atoms with Crippen molar-refractivity contribution in [2.75, 3.05) is 14.1 Å². The first kappa shape index (κ1) is 8.75. The van der Waals surface area contributed by atoms with Crippen LogP contribution in [0.15, 0.2) is 24.0 Å². The first-order valence-electron chi connectivity index (χ1n) is 2.96. The van der Waals surface area contributed by atoms with Crippen LogP contribution in [0.1, 0.15) is 0 Å². The number of nitrogens with one attached hydrogen (secondary N) is 2. The van der Waals surface area contributed by atoms with E-state index in [1.807, 2.05) is 0 Å². The van der Waals surface area contributed by atoms with Gasteiger partial charge >= 0.3 is 0 Å². The maximum atomic E-state index is 10.2. The number of rotatable bonds is 4. The van der Waals surface area contributed by atoms with Gasteiger partial charge in [-0.15, -0.1) is 0 Å². The van der Waals surface area contributed by atoms with Gasteiger partial charge < -0.3 is 10.6 Å². The summed E-state index contributed by atoms with van der Waals surface area (Å²) in [7, 11) is 3.49. The van der Waals surface area contributed by atoms with Crippen molar-refractivity contribution in [3.05, 3.63) is 24.0 Å². The van der Waals surface area contributed by atoms with E-state index in [9.17, 15) is 4.79 Å². The second-order valence-corrected chi connectivity index (χ2v) is 1.74. The van der Waals surface area contributed by atoms with Gasteiger partial charge in [-0.3, -0.25) is 4.79 Å². The topological polar surface area (TPSA) is 41.1 Å². The van der Waals surface area contributed by atoms with E-state index in [1.54, 1.807) is 20.3 Å².